The molecule has 0 radical (unpaired) electrons. The van der Waals surface area contributed by atoms with Crippen LogP contribution in [0, 0.1) is 0 Å². The largest absolute Gasteiger partial charge is 0.491 e. The van der Waals surface area contributed by atoms with E-state index in [1.165, 1.54) is 0 Å². The van der Waals surface area contributed by atoms with Crippen LogP contribution in [0.5, 0.6) is 0 Å². The normalized spacial score (nSPS) is 19.4. The molecule has 0 amide bonds. The van der Waals surface area contributed by atoms with Crippen molar-refractivity contribution in [1.82, 2.24) is 4.90 Å². The lowest BCUT2D eigenvalue weighted by atomic mass is 9.78. The molecule has 0 unspecified atom stereocenters. The molecule has 0 atom stereocenters. The molecule has 2 heterocycles. The predicted molar refractivity (Wildman–Crippen MR) is 79.4 cm³/mol. The van der Waals surface area contributed by atoms with E-state index in [1.807, 2.05) is 12.1 Å². The van der Waals surface area contributed by atoms with E-state index >= 15 is 0 Å². The number of ether oxygens (including phenoxy) is 1. The molecule has 1 N–H and O–H groups in total. The lowest BCUT2D eigenvalue weighted by Gasteiger charge is -2.26. The number of aryl methyl sites for hydroxylation is 1. The van der Waals surface area contributed by atoms with Gasteiger partial charge >= 0.3 is 7.12 Å². The van der Waals surface area contributed by atoms with Crippen LogP contribution >= 0.6 is 11.6 Å². The van der Waals surface area contributed by atoms with Gasteiger partial charge in [0, 0.05) is 18.1 Å². The average Bonchev–Trinajstić information content (AvgIpc) is 2.81. The Bertz CT molecular complexity index is 480. The Kier molecular flexibility index (Phi) is 4.63. The smallest absolute Gasteiger partial charge is 0.423 e. The Balaban J connectivity index is 1.58. The maximum atomic E-state index is 9.74. The van der Waals surface area contributed by atoms with Crippen molar-refractivity contribution in [3.8, 4) is 0 Å². The topological polar surface area (TPSA) is 41.9 Å². The lowest BCUT2D eigenvalue weighted by Crippen LogP contribution is -2.37. The van der Waals surface area contributed by atoms with Gasteiger partial charge in [-0.1, -0.05) is 17.7 Å². The minimum absolute atomic E-state index is 0.449. The summed E-state index contributed by atoms with van der Waals surface area (Å²) in [7, 11) is -0.791. The van der Waals surface area contributed by atoms with Crippen LogP contribution in [0.1, 0.15) is 17.5 Å². The van der Waals surface area contributed by atoms with Gasteiger partial charge in [0.25, 0.3) is 0 Å². The zero-order valence-corrected chi connectivity index (χ0v) is 12.2. The fraction of sp³-hybridized carbons (Fsp3) is 0.571. The molecule has 6 heteroatoms. The molecule has 1 aromatic rings. The number of morpholine rings is 1. The van der Waals surface area contributed by atoms with E-state index in [1.54, 1.807) is 0 Å². The van der Waals surface area contributed by atoms with Gasteiger partial charge in [-0.3, -0.25) is 4.90 Å². The van der Waals surface area contributed by atoms with E-state index in [2.05, 4.69) is 4.90 Å². The van der Waals surface area contributed by atoms with Crippen molar-refractivity contribution in [2.24, 2.45) is 0 Å². The van der Waals surface area contributed by atoms with Crippen LogP contribution in [-0.4, -0.2) is 49.9 Å². The Morgan fingerprint density at radius 2 is 2.10 bits per heavy atom. The van der Waals surface area contributed by atoms with Gasteiger partial charge in [0.1, 0.15) is 0 Å². The fourth-order valence-corrected chi connectivity index (χ4v) is 3.08. The van der Waals surface area contributed by atoms with Crippen molar-refractivity contribution < 1.29 is 14.4 Å². The molecule has 20 heavy (non-hydrogen) atoms. The zero-order valence-electron chi connectivity index (χ0n) is 11.5. The van der Waals surface area contributed by atoms with Crippen LogP contribution in [0.2, 0.25) is 5.02 Å². The molecule has 1 saturated heterocycles. The van der Waals surface area contributed by atoms with Crippen molar-refractivity contribution in [2.75, 3.05) is 32.8 Å². The minimum Gasteiger partial charge on any atom is -0.423 e. The summed E-state index contributed by atoms with van der Waals surface area (Å²) in [6.45, 7) is 5.22. The standard InChI is InChI=1S/C14H19BClNO3/c16-14-9-12-10-20-15(18)13(12)8-11(14)2-1-3-17-4-6-19-7-5-17/h8-9,18H,1-7,10H2. The van der Waals surface area contributed by atoms with E-state index in [0.717, 1.165) is 67.3 Å². The summed E-state index contributed by atoms with van der Waals surface area (Å²) in [5.74, 6) is 0. The molecular formula is C14H19BClNO3. The van der Waals surface area contributed by atoms with Crippen molar-refractivity contribution in [3.05, 3.63) is 28.3 Å². The van der Waals surface area contributed by atoms with Crippen LogP contribution in [0.25, 0.3) is 0 Å². The maximum absolute atomic E-state index is 9.74. The van der Waals surface area contributed by atoms with Crippen molar-refractivity contribution in [2.45, 2.75) is 19.4 Å². The van der Waals surface area contributed by atoms with E-state index in [0.29, 0.717) is 6.61 Å². The van der Waals surface area contributed by atoms with Crippen LogP contribution in [-0.2, 0) is 22.4 Å². The third-order valence-corrected chi connectivity index (χ3v) is 4.35. The average molecular weight is 296 g/mol. The van der Waals surface area contributed by atoms with Gasteiger partial charge in [0.05, 0.1) is 19.8 Å². The van der Waals surface area contributed by atoms with Gasteiger partial charge in [0.2, 0.25) is 0 Å². The summed E-state index contributed by atoms with van der Waals surface area (Å²) in [6, 6.07) is 3.92. The number of hydrogen-bond acceptors (Lipinski definition) is 4. The Hall–Kier alpha value is -0.585. The molecule has 0 aromatic heterocycles. The summed E-state index contributed by atoms with van der Waals surface area (Å²) in [5, 5.41) is 10.5. The Labute approximate surface area is 124 Å². The van der Waals surface area contributed by atoms with Crippen LogP contribution in [0.3, 0.4) is 0 Å². The van der Waals surface area contributed by atoms with E-state index in [-0.39, 0.29) is 0 Å². The third-order valence-electron chi connectivity index (χ3n) is 4.00. The number of benzene rings is 1. The number of fused-ring (bicyclic) bond motifs is 1. The van der Waals surface area contributed by atoms with E-state index < -0.39 is 7.12 Å². The van der Waals surface area contributed by atoms with Gasteiger partial charge in [-0.15, -0.1) is 0 Å². The summed E-state index contributed by atoms with van der Waals surface area (Å²) >= 11 is 6.31. The minimum atomic E-state index is -0.791. The first-order chi connectivity index (χ1) is 9.74. The highest BCUT2D eigenvalue weighted by Crippen LogP contribution is 2.22. The Morgan fingerprint density at radius 3 is 2.90 bits per heavy atom. The lowest BCUT2D eigenvalue weighted by molar-refractivity contribution is 0.0375. The monoisotopic (exact) mass is 295 g/mol. The zero-order chi connectivity index (χ0) is 13.9. The summed E-state index contributed by atoms with van der Waals surface area (Å²) in [4.78, 5) is 2.42. The number of rotatable bonds is 4. The molecule has 4 nitrogen and oxygen atoms in total. The van der Waals surface area contributed by atoms with Crippen molar-refractivity contribution >= 4 is 24.2 Å². The summed E-state index contributed by atoms with van der Waals surface area (Å²) < 4.78 is 10.5. The van der Waals surface area contributed by atoms with Gasteiger partial charge in [-0.25, -0.2) is 0 Å². The van der Waals surface area contributed by atoms with Gasteiger partial charge in [0.15, 0.2) is 0 Å². The molecular weight excluding hydrogens is 276 g/mol. The third kappa shape index (κ3) is 3.18. The second-order valence-corrected chi connectivity index (χ2v) is 5.77. The highest BCUT2D eigenvalue weighted by atomic mass is 35.5. The summed E-state index contributed by atoms with van der Waals surface area (Å²) in [6.07, 6.45) is 1.99. The molecule has 1 aromatic carbocycles. The van der Waals surface area contributed by atoms with Crippen LogP contribution in [0.15, 0.2) is 12.1 Å². The number of nitrogens with zero attached hydrogens (tertiary/aromatic N) is 1. The van der Waals surface area contributed by atoms with Crippen molar-refractivity contribution in [1.29, 1.82) is 0 Å². The summed E-state index contributed by atoms with van der Waals surface area (Å²) in [5.41, 5.74) is 2.97. The molecule has 108 valence electrons. The van der Waals surface area contributed by atoms with E-state index in [9.17, 15) is 5.02 Å². The van der Waals surface area contributed by atoms with E-state index in [4.69, 9.17) is 21.0 Å². The van der Waals surface area contributed by atoms with Crippen LogP contribution < -0.4 is 5.46 Å². The molecule has 0 aliphatic carbocycles. The quantitative estimate of drug-likeness (QED) is 0.835. The Morgan fingerprint density at radius 1 is 1.30 bits per heavy atom. The number of hydrogen-bond donors (Lipinski definition) is 1. The molecule has 3 rings (SSSR count). The first-order valence-electron chi connectivity index (χ1n) is 7.15. The molecule has 2 aliphatic rings. The molecule has 1 fully saturated rings. The molecule has 0 saturated carbocycles. The highest BCUT2D eigenvalue weighted by Gasteiger charge is 2.28. The second kappa shape index (κ2) is 6.45. The van der Waals surface area contributed by atoms with Gasteiger partial charge < -0.3 is 14.4 Å². The van der Waals surface area contributed by atoms with Gasteiger partial charge in [-0.05, 0) is 42.0 Å². The molecule has 0 spiro atoms. The van der Waals surface area contributed by atoms with Gasteiger partial charge in [-0.2, -0.15) is 0 Å². The first-order valence-corrected chi connectivity index (χ1v) is 7.53. The fourth-order valence-electron chi connectivity index (χ4n) is 2.80. The second-order valence-electron chi connectivity index (χ2n) is 5.36. The number of halogens is 1. The highest BCUT2D eigenvalue weighted by molar-refractivity contribution is 6.61. The van der Waals surface area contributed by atoms with Crippen molar-refractivity contribution in [3.63, 3.8) is 0 Å². The first kappa shape index (κ1) is 14.4. The molecule has 0 bridgehead atoms. The maximum Gasteiger partial charge on any atom is 0.491 e. The predicted octanol–water partition coefficient (Wildman–Crippen LogP) is 0.823. The molecule has 2 aliphatic heterocycles. The SMILES string of the molecule is OB1OCc2cc(Cl)c(CCCN3CCOCC3)cc21. The van der Waals surface area contributed by atoms with Crippen LogP contribution in [0.4, 0.5) is 0 Å².